The lowest BCUT2D eigenvalue weighted by atomic mass is 9.95. The van der Waals surface area contributed by atoms with Gasteiger partial charge >= 0.3 is 0 Å². The third-order valence-corrected chi connectivity index (χ3v) is 4.66. The lowest BCUT2D eigenvalue weighted by Gasteiger charge is -2.23. The SMILES string of the molecule is Cc1cc(NC(=O)c2cc(NC3CCCCC3)ncn2)cc(Cl)c1O. The first-order chi connectivity index (χ1) is 12.0. The Balaban J connectivity index is 1.70. The van der Waals surface area contributed by atoms with E-state index in [0.29, 0.717) is 23.1 Å². The van der Waals surface area contributed by atoms with Gasteiger partial charge in [-0.3, -0.25) is 4.79 Å². The van der Waals surface area contributed by atoms with Crippen LogP contribution in [-0.2, 0) is 0 Å². The maximum atomic E-state index is 12.4. The number of benzene rings is 1. The molecule has 1 saturated carbocycles. The number of nitrogens with zero attached hydrogens (tertiary/aromatic N) is 2. The van der Waals surface area contributed by atoms with Crippen LogP contribution in [0.1, 0.15) is 48.2 Å². The molecule has 7 heteroatoms. The van der Waals surface area contributed by atoms with Gasteiger partial charge in [0.2, 0.25) is 0 Å². The van der Waals surface area contributed by atoms with Gasteiger partial charge in [0.05, 0.1) is 5.02 Å². The number of rotatable bonds is 4. The Morgan fingerprint density at radius 1 is 1.20 bits per heavy atom. The Morgan fingerprint density at radius 2 is 1.96 bits per heavy atom. The lowest BCUT2D eigenvalue weighted by molar-refractivity contribution is 0.102. The van der Waals surface area contributed by atoms with Gasteiger partial charge in [0.1, 0.15) is 23.6 Å². The summed E-state index contributed by atoms with van der Waals surface area (Å²) in [5.41, 5.74) is 1.37. The van der Waals surface area contributed by atoms with E-state index in [4.69, 9.17) is 11.6 Å². The molecule has 0 saturated heterocycles. The highest BCUT2D eigenvalue weighted by molar-refractivity contribution is 6.32. The Kier molecular flexibility index (Phi) is 5.38. The van der Waals surface area contributed by atoms with Gasteiger partial charge in [-0.25, -0.2) is 9.97 Å². The second kappa shape index (κ2) is 7.70. The number of anilines is 2. The fourth-order valence-corrected chi connectivity index (χ4v) is 3.29. The van der Waals surface area contributed by atoms with Gasteiger partial charge in [-0.15, -0.1) is 0 Å². The Hall–Kier alpha value is -2.34. The molecule has 1 aromatic carbocycles. The van der Waals surface area contributed by atoms with Crippen LogP contribution in [0.5, 0.6) is 5.75 Å². The molecule has 1 aliphatic rings. The van der Waals surface area contributed by atoms with Gasteiger partial charge in [-0.1, -0.05) is 30.9 Å². The highest BCUT2D eigenvalue weighted by Gasteiger charge is 2.15. The van der Waals surface area contributed by atoms with E-state index in [-0.39, 0.29) is 22.4 Å². The van der Waals surface area contributed by atoms with Crippen molar-refractivity contribution < 1.29 is 9.90 Å². The van der Waals surface area contributed by atoms with Crippen molar-refractivity contribution in [2.45, 2.75) is 45.1 Å². The van der Waals surface area contributed by atoms with Gasteiger partial charge < -0.3 is 15.7 Å². The minimum Gasteiger partial charge on any atom is -0.506 e. The van der Waals surface area contributed by atoms with E-state index < -0.39 is 0 Å². The molecule has 0 bridgehead atoms. The molecule has 25 heavy (non-hydrogen) atoms. The van der Waals surface area contributed by atoms with Gasteiger partial charge in [0.15, 0.2) is 0 Å². The molecule has 1 fully saturated rings. The third-order valence-electron chi connectivity index (χ3n) is 4.37. The molecule has 3 rings (SSSR count). The average molecular weight is 361 g/mol. The second-order valence-corrected chi connectivity index (χ2v) is 6.75. The number of aryl methyl sites for hydroxylation is 1. The number of phenolic OH excluding ortho intramolecular Hbond substituents is 1. The number of halogens is 1. The highest BCUT2D eigenvalue weighted by Crippen LogP contribution is 2.30. The van der Waals surface area contributed by atoms with E-state index in [1.54, 1.807) is 19.1 Å². The molecular weight excluding hydrogens is 340 g/mol. The van der Waals surface area contributed by atoms with Crippen LogP contribution in [0, 0.1) is 6.92 Å². The maximum Gasteiger partial charge on any atom is 0.274 e. The highest BCUT2D eigenvalue weighted by atomic mass is 35.5. The first kappa shape index (κ1) is 17.5. The summed E-state index contributed by atoms with van der Waals surface area (Å²) in [6, 6.07) is 5.21. The number of aromatic nitrogens is 2. The van der Waals surface area contributed by atoms with E-state index in [0.717, 1.165) is 12.8 Å². The van der Waals surface area contributed by atoms with Crippen LogP contribution in [0.15, 0.2) is 24.5 Å². The van der Waals surface area contributed by atoms with Gasteiger partial charge in [-0.05, 0) is 37.5 Å². The number of amides is 1. The second-order valence-electron chi connectivity index (χ2n) is 6.35. The minimum atomic E-state index is -0.352. The van der Waals surface area contributed by atoms with Crippen LogP contribution in [-0.4, -0.2) is 27.0 Å². The summed E-state index contributed by atoms with van der Waals surface area (Å²) >= 11 is 5.95. The van der Waals surface area contributed by atoms with E-state index in [1.165, 1.54) is 31.7 Å². The lowest BCUT2D eigenvalue weighted by Crippen LogP contribution is -2.23. The van der Waals surface area contributed by atoms with Crippen LogP contribution in [0.4, 0.5) is 11.5 Å². The van der Waals surface area contributed by atoms with Crippen molar-refractivity contribution in [2.24, 2.45) is 0 Å². The predicted molar refractivity (Wildman–Crippen MR) is 98.3 cm³/mol. The van der Waals surface area contributed by atoms with E-state index in [2.05, 4.69) is 20.6 Å². The molecule has 2 aromatic rings. The monoisotopic (exact) mass is 360 g/mol. The van der Waals surface area contributed by atoms with Crippen LogP contribution in [0.25, 0.3) is 0 Å². The number of nitrogens with one attached hydrogen (secondary N) is 2. The zero-order chi connectivity index (χ0) is 17.8. The fraction of sp³-hybridized carbons (Fsp3) is 0.389. The van der Waals surface area contributed by atoms with Crippen molar-refractivity contribution in [3.63, 3.8) is 0 Å². The van der Waals surface area contributed by atoms with Crippen molar-refractivity contribution in [3.05, 3.63) is 40.8 Å². The largest absolute Gasteiger partial charge is 0.506 e. The molecule has 3 N–H and O–H groups in total. The summed E-state index contributed by atoms with van der Waals surface area (Å²) in [5.74, 6) is 0.322. The average Bonchev–Trinajstić information content (AvgIpc) is 2.61. The summed E-state index contributed by atoms with van der Waals surface area (Å²) in [6.45, 7) is 1.72. The first-order valence-corrected chi connectivity index (χ1v) is 8.80. The van der Waals surface area contributed by atoms with Gasteiger partial charge in [-0.2, -0.15) is 0 Å². The van der Waals surface area contributed by atoms with Crippen molar-refractivity contribution >= 4 is 29.0 Å². The number of phenols is 1. The minimum absolute atomic E-state index is 0.0145. The normalized spacial score (nSPS) is 15.0. The molecule has 1 aliphatic carbocycles. The van der Waals surface area contributed by atoms with E-state index in [1.807, 2.05) is 0 Å². The molecule has 0 aliphatic heterocycles. The summed E-state index contributed by atoms with van der Waals surface area (Å²) < 4.78 is 0. The molecule has 1 amide bonds. The molecular formula is C18H21ClN4O2. The number of carbonyl (C=O) groups excluding carboxylic acids is 1. The molecule has 6 nitrogen and oxygen atoms in total. The summed E-state index contributed by atoms with van der Waals surface area (Å²) in [5, 5.41) is 16.0. The molecule has 1 heterocycles. The van der Waals surface area contributed by atoms with Crippen molar-refractivity contribution in [1.29, 1.82) is 0 Å². The van der Waals surface area contributed by atoms with Crippen LogP contribution < -0.4 is 10.6 Å². The molecule has 0 spiro atoms. The van der Waals surface area contributed by atoms with Gasteiger partial charge in [0, 0.05) is 17.8 Å². The van der Waals surface area contributed by atoms with Crippen LogP contribution >= 0.6 is 11.6 Å². The molecule has 0 unspecified atom stereocenters. The predicted octanol–water partition coefficient (Wildman–Crippen LogP) is 4.14. The number of aromatic hydroxyl groups is 1. The summed E-state index contributed by atoms with van der Waals surface area (Å²) in [6.07, 6.45) is 7.35. The Labute approximate surface area is 151 Å². The molecule has 0 radical (unpaired) electrons. The van der Waals surface area contributed by atoms with Crippen molar-refractivity contribution in [3.8, 4) is 5.75 Å². The van der Waals surface area contributed by atoms with E-state index in [9.17, 15) is 9.90 Å². The quantitative estimate of drug-likeness (QED) is 0.713. The fourth-order valence-electron chi connectivity index (χ4n) is 3.02. The first-order valence-electron chi connectivity index (χ1n) is 8.42. The van der Waals surface area contributed by atoms with E-state index >= 15 is 0 Å². The summed E-state index contributed by atoms with van der Waals surface area (Å²) in [7, 11) is 0. The van der Waals surface area contributed by atoms with Crippen molar-refractivity contribution in [2.75, 3.05) is 10.6 Å². The molecule has 0 atom stereocenters. The number of hydrogen-bond acceptors (Lipinski definition) is 5. The topological polar surface area (TPSA) is 87.1 Å². The number of carbonyl (C=O) groups is 1. The third kappa shape index (κ3) is 4.39. The zero-order valence-electron chi connectivity index (χ0n) is 14.1. The van der Waals surface area contributed by atoms with Crippen LogP contribution in [0.3, 0.4) is 0 Å². The molecule has 1 aromatic heterocycles. The maximum absolute atomic E-state index is 12.4. The standard InChI is InChI=1S/C18H21ClN4O2/c1-11-7-13(8-14(19)17(11)24)23-18(25)15-9-16(21-10-20-15)22-12-5-3-2-4-6-12/h7-10,12,24H,2-6H2,1H3,(H,23,25)(H,20,21,22). The summed E-state index contributed by atoms with van der Waals surface area (Å²) in [4.78, 5) is 20.7. The molecule has 132 valence electrons. The Bertz CT molecular complexity index is 752. The van der Waals surface area contributed by atoms with Crippen LogP contribution in [0.2, 0.25) is 5.02 Å². The van der Waals surface area contributed by atoms with Crippen molar-refractivity contribution in [1.82, 2.24) is 9.97 Å². The zero-order valence-corrected chi connectivity index (χ0v) is 14.8. The number of hydrogen-bond donors (Lipinski definition) is 3. The van der Waals surface area contributed by atoms with Gasteiger partial charge in [0.25, 0.3) is 5.91 Å². The Morgan fingerprint density at radius 3 is 2.68 bits per heavy atom. The smallest absolute Gasteiger partial charge is 0.274 e.